The topological polar surface area (TPSA) is 0 Å². The third-order valence-corrected chi connectivity index (χ3v) is 7.15. The summed E-state index contributed by atoms with van der Waals surface area (Å²) in [7, 11) is 0. The van der Waals surface area contributed by atoms with E-state index in [9.17, 15) is 0 Å². The van der Waals surface area contributed by atoms with Crippen molar-refractivity contribution in [3.63, 3.8) is 0 Å². The molecule has 0 unspecified atom stereocenters. The molecule has 0 bridgehead atoms. The van der Waals surface area contributed by atoms with Crippen molar-refractivity contribution in [3.8, 4) is 0 Å². The van der Waals surface area contributed by atoms with Gasteiger partial charge in [-0.1, -0.05) is 63.7 Å². The molecule has 0 aliphatic heterocycles. The predicted octanol–water partition coefficient (Wildman–Crippen LogP) is 3.83. The molecule has 0 nitrogen and oxygen atoms in total. The lowest BCUT2D eigenvalue weighted by molar-refractivity contribution is 0.575. The molecule has 1 aliphatic rings. The Morgan fingerprint density at radius 1 is 0.600 bits per heavy atom. The highest BCUT2D eigenvalue weighted by molar-refractivity contribution is 9.13. The molecule has 0 heterocycles. The van der Waals surface area contributed by atoms with E-state index in [0.29, 0.717) is 19.3 Å². The van der Waals surface area contributed by atoms with Gasteiger partial charge < -0.3 is 0 Å². The molecular weight excluding hydrogens is 392 g/mol. The van der Waals surface area contributed by atoms with Crippen LogP contribution in [-0.2, 0) is 0 Å². The quantitative estimate of drug-likeness (QED) is 0.543. The highest BCUT2D eigenvalue weighted by atomic mass is 79.9. The highest BCUT2D eigenvalue weighted by Gasteiger charge is 2.31. The van der Waals surface area contributed by atoms with E-state index in [1.807, 2.05) is 0 Å². The van der Waals surface area contributed by atoms with Gasteiger partial charge in [-0.2, -0.15) is 0 Å². The van der Waals surface area contributed by atoms with Gasteiger partial charge in [-0.05, 0) is 12.8 Å². The molecule has 0 amide bonds. The van der Waals surface area contributed by atoms with Crippen LogP contribution in [0.15, 0.2) is 0 Å². The Hall–Kier alpha value is 1.92. The zero-order valence-corrected chi connectivity index (χ0v) is 11.6. The van der Waals surface area contributed by atoms with E-state index in [1.54, 1.807) is 0 Å². The maximum absolute atomic E-state index is 3.62. The summed E-state index contributed by atoms with van der Waals surface area (Å²) in [6.07, 6.45) is 2.37. The van der Waals surface area contributed by atoms with Crippen molar-refractivity contribution < 1.29 is 0 Å². The molecule has 0 aromatic rings. The van der Waals surface area contributed by atoms with Crippen LogP contribution in [0.2, 0.25) is 0 Å². The van der Waals surface area contributed by atoms with Crippen LogP contribution in [0.3, 0.4) is 0 Å². The molecule has 4 atom stereocenters. The second kappa shape index (κ2) is 4.24. The summed E-state index contributed by atoms with van der Waals surface area (Å²) >= 11 is 14.5. The van der Waals surface area contributed by atoms with E-state index in [4.69, 9.17) is 0 Å². The lowest BCUT2D eigenvalue weighted by Crippen LogP contribution is -2.33. The molecule has 0 spiro atoms. The van der Waals surface area contributed by atoms with Crippen LogP contribution in [0, 0.1) is 0 Å². The van der Waals surface area contributed by atoms with Gasteiger partial charge in [0, 0.05) is 19.3 Å². The minimum Gasteiger partial charge on any atom is -0.0878 e. The third-order valence-electron chi connectivity index (χ3n) is 1.69. The Morgan fingerprint density at radius 2 is 0.800 bits per heavy atom. The second-order valence-electron chi connectivity index (χ2n) is 2.54. The highest BCUT2D eigenvalue weighted by Crippen LogP contribution is 2.37. The molecule has 4 heteroatoms. The fourth-order valence-corrected chi connectivity index (χ4v) is 4.50. The summed E-state index contributed by atoms with van der Waals surface area (Å²) in [6.45, 7) is 0. The minimum absolute atomic E-state index is 0.616. The van der Waals surface area contributed by atoms with Gasteiger partial charge in [0.05, 0.1) is 0 Å². The zero-order valence-electron chi connectivity index (χ0n) is 5.24. The van der Waals surface area contributed by atoms with Crippen LogP contribution in [0.4, 0.5) is 0 Å². The SMILES string of the molecule is Br[C@@H]1C[C@H](Br)[C@@H](Br)C[C@@H]1Br. The van der Waals surface area contributed by atoms with Crippen molar-refractivity contribution in [3.05, 3.63) is 0 Å². The molecule has 1 fully saturated rings. The maximum atomic E-state index is 3.62. The first kappa shape index (κ1) is 10.0. The average molecular weight is 400 g/mol. The van der Waals surface area contributed by atoms with Gasteiger partial charge in [0.2, 0.25) is 0 Å². The van der Waals surface area contributed by atoms with E-state index < -0.39 is 0 Å². The summed E-state index contributed by atoms with van der Waals surface area (Å²) < 4.78 is 0. The van der Waals surface area contributed by atoms with E-state index in [0.717, 1.165) is 0 Å². The van der Waals surface area contributed by atoms with Gasteiger partial charge in [0.25, 0.3) is 0 Å². The van der Waals surface area contributed by atoms with Crippen molar-refractivity contribution in [1.82, 2.24) is 0 Å². The zero-order chi connectivity index (χ0) is 7.72. The largest absolute Gasteiger partial charge is 0.0878 e. The average Bonchev–Trinajstić information content (AvgIpc) is 1.84. The molecule has 1 rings (SSSR count). The first-order chi connectivity index (χ1) is 4.61. The smallest absolute Gasteiger partial charge is 0.0282 e. The number of alkyl halides is 4. The number of halogens is 4. The van der Waals surface area contributed by atoms with Gasteiger partial charge in [-0.25, -0.2) is 0 Å². The van der Waals surface area contributed by atoms with Crippen molar-refractivity contribution in [2.45, 2.75) is 32.2 Å². The van der Waals surface area contributed by atoms with Crippen molar-refractivity contribution in [1.29, 1.82) is 0 Å². The molecule has 10 heavy (non-hydrogen) atoms. The Balaban J connectivity index is 2.46. The summed E-state index contributed by atoms with van der Waals surface area (Å²) in [4.78, 5) is 2.47. The molecule has 0 aromatic heterocycles. The number of hydrogen-bond donors (Lipinski definition) is 0. The Labute approximate surface area is 95.0 Å². The number of hydrogen-bond acceptors (Lipinski definition) is 0. The van der Waals surface area contributed by atoms with Crippen molar-refractivity contribution >= 4 is 63.7 Å². The van der Waals surface area contributed by atoms with Gasteiger partial charge >= 0.3 is 0 Å². The molecule has 1 saturated carbocycles. The minimum atomic E-state index is 0.616. The summed E-state index contributed by atoms with van der Waals surface area (Å²) in [5, 5.41) is 0. The maximum Gasteiger partial charge on any atom is 0.0282 e. The van der Waals surface area contributed by atoms with Crippen LogP contribution >= 0.6 is 63.7 Å². The first-order valence-electron chi connectivity index (χ1n) is 3.17. The van der Waals surface area contributed by atoms with Crippen LogP contribution in [0.1, 0.15) is 12.8 Å². The van der Waals surface area contributed by atoms with E-state index in [2.05, 4.69) is 63.7 Å². The lowest BCUT2D eigenvalue weighted by atomic mass is 10.0. The normalized spacial score (nSPS) is 49.2. The molecule has 0 aromatic carbocycles. The van der Waals surface area contributed by atoms with E-state index >= 15 is 0 Å². The van der Waals surface area contributed by atoms with Crippen LogP contribution < -0.4 is 0 Å². The summed E-state index contributed by atoms with van der Waals surface area (Å²) in [5.41, 5.74) is 0. The molecule has 0 saturated heterocycles. The first-order valence-corrected chi connectivity index (χ1v) is 6.84. The van der Waals surface area contributed by atoms with Crippen LogP contribution in [0.5, 0.6) is 0 Å². The van der Waals surface area contributed by atoms with Gasteiger partial charge in [0.15, 0.2) is 0 Å². The van der Waals surface area contributed by atoms with E-state index in [-0.39, 0.29) is 0 Å². The molecule has 0 radical (unpaired) electrons. The Kier molecular flexibility index (Phi) is 4.24. The van der Waals surface area contributed by atoms with Gasteiger partial charge in [0.1, 0.15) is 0 Å². The fourth-order valence-electron chi connectivity index (χ4n) is 1.02. The van der Waals surface area contributed by atoms with Crippen molar-refractivity contribution in [2.24, 2.45) is 0 Å². The van der Waals surface area contributed by atoms with Crippen LogP contribution in [-0.4, -0.2) is 19.3 Å². The summed E-state index contributed by atoms with van der Waals surface area (Å²) in [6, 6.07) is 0. The Morgan fingerprint density at radius 3 is 1.00 bits per heavy atom. The monoisotopic (exact) mass is 396 g/mol. The molecule has 1 aliphatic carbocycles. The number of rotatable bonds is 0. The van der Waals surface area contributed by atoms with Gasteiger partial charge in [-0.3, -0.25) is 0 Å². The van der Waals surface area contributed by atoms with Gasteiger partial charge in [-0.15, -0.1) is 0 Å². The van der Waals surface area contributed by atoms with Crippen molar-refractivity contribution in [2.75, 3.05) is 0 Å². The Bertz CT molecular complexity index is 90.3. The molecule has 0 N–H and O–H groups in total. The fraction of sp³-hybridized carbons (Fsp3) is 1.00. The molecule has 60 valence electrons. The van der Waals surface area contributed by atoms with E-state index in [1.165, 1.54) is 12.8 Å². The lowest BCUT2D eigenvalue weighted by Gasteiger charge is -2.30. The third kappa shape index (κ3) is 2.46. The second-order valence-corrected chi connectivity index (χ2v) is 7.24. The predicted molar refractivity (Wildman–Crippen MR) is 60.1 cm³/mol. The molecular formula is C6H8Br4. The van der Waals surface area contributed by atoms with Crippen LogP contribution in [0.25, 0.3) is 0 Å². The summed E-state index contributed by atoms with van der Waals surface area (Å²) in [5.74, 6) is 0. The standard InChI is InChI=1S/C6H8Br4/c7-3-1-4(8)6(10)2-5(3)9/h3-6H,1-2H2/t3-,4-,5-,6+/m0/s1.